The molecule has 1 heterocycles. The third-order valence-corrected chi connectivity index (χ3v) is 2.79. The van der Waals surface area contributed by atoms with Gasteiger partial charge < -0.3 is 10.6 Å². The van der Waals surface area contributed by atoms with E-state index in [0.717, 1.165) is 28.8 Å². The number of halogens is 2. The smallest absolute Gasteiger partial charge is 0.148 e. The molecule has 1 aliphatic heterocycles. The van der Waals surface area contributed by atoms with Crippen molar-refractivity contribution in [3.63, 3.8) is 0 Å². The van der Waals surface area contributed by atoms with E-state index >= 15 is 0 Å². The quantitative estimate of drug-likeness (QED) is 0.744. The minimum Gasteiger partial charge on any atom is -0.382 e. The largest absolute Gasteiger partial charge is 0.382 e. The van der Waals surface area contributed by atoms with Crippen molar-refractivity contribution in [1.82, 2.24) is 0 Å². The van der Waals surface area contributed by atoms with Crippen LogP contribution in [0.1, 0.15) is 6.42 Å². The second-order valence-electron chi connectivity index (χ2n) is 3.18. The molecule has 14 heavy (non-hydrogen) atoms. The number of hydrogen-bond donors (Lipinski definition) is 2. The van der Waals surface area contributed by atoms with Crippen molar-refractivity contribution in [3.8, 4) is 0 Å². The third-order valence-electron chi connectivity index (χ3n) is 2.13. The van der Waals surface area contributed by atoms with Gasteiger partial charge in [-0.05, 0) is 28.1 Å². The molecule has 2 nitrogen and oxygen atoms in total. The molecular formula is C10H10BrFN2. The summed E-state index contributed by atoms with van der Waals surface area (Å²) in [6.07, 6.45) is 0.792. The highest BCUT2D eigenvalue weighted by atomic mass is 79.9. The van der Waals surface area contributed by atoms with Crippen molar-refractivity contribution in [2.75, 3.05) is 17.2 Å². The van der Waals surface area contributed by atoms with Gasteiger partial charge in [0.05, 0.1) is 11.4 Å². The summed E-state index contributed by atoms with van der Waals surface area (Å²) in [6, 6.07) is 3.12. The van der Waals surface area contributed by atoms with E-state index in [4.69, 9.17) is 0 Å². The molecular weight excluding hydrogens is 247 g/mol. The molecule has 0 aromatic heterocycles. The van der Waals surface area contributed by atoms with Crippen LogP contribution >= 0.6 is 15.9 Å². The van der Waals surface area contributed by atoms with Crippen LogP contribution < -0.4 is 10.6 Å². The lowest BCUT2D eigenvalue weighted by atomic mass is 10.2. The zero-order valence-electron chi connectivity index (χ0n) is 7.53. The van der Waals surface area contributed by atoms with Crippen LogP contribution in [0.2, 0.25) is 0 Å². The summed E-state index contributed by atoms with van der Waals surface area (Å²) in [7, 11) is 0. The molecule has 1 aliphatic rings. The average Bonchev–Trinajstić information content (AvgIpc) is 2.34. The number of hydrogen-bond acceptors (Lipinski definition) is 2. The topological polar surface area (TPSA) is 24.1 Å². The van der Waals surface area contributed by atoms with Crippen LogP contribution in [0, 0.1) is 5.82 Å². The Morgan fingerprint density at radius 1 is 1.36 bits per heavy atom. The summed E-state index contributed by atoms with van der Waals surface area (Å²) in [5, 5.41) is 6.12. The van der Waals surface area contributed by atoms with Gasteiger partial charge >= 0.3 is 0 Å². The van der Waals surface area contributed by atoms with E-state index in [9.17, 15) is 4.39 Å². The maximum Gasteiger partial charge on any atom is 0.148 e. The molecule has 0 saturated heterocycles. The molecule has 0 unspecified atom stereocenters. The maximum atomic E-state index is 13.4. The van der Waals surface area contributed by atoms with Crippen LogP contribution in [0.4, 0.5) is 15.8 Å². The lowest BCUT2D eigenvalue weighted by molar-refractivity contribution is 0.632. The van der Waals surface area contributed by atoms with Gasteiger partial charge in [0.1, 0.15) is 5.82 Å². The zero-order chi connectivity index (χ0) is 10.1. The molecule has 0 radical (unpaired) electrons. The summed E-state index contributed by atoms with van der Waals surface area (Å²) >= 11 is 3.37. The first-order valence-electron chi connectivity index (χ1n) is 4.35. The molecule has 1 aromatic rings. The van der Waals surface area contributed by atoms with Crippen molar-refractivity contribution in [2.45, 2.75) is 6.42 Å². The first-order chi connectivity index (χ1) is 6.68. The Morgan fingerprint density at radius 3 is 2.93 bits per heavy atom. The van der Waals surface area contributed by atoms with Gasteiger partial charge in [-0.25, -0.2) is 4.39 Å². The average molecular weight is 257 g/mol. The molecule has 0 atom stereocenters. The molecule has 0 spiro atoms. The number of rotatable bonds is 0. The van der Waals surface area contributed by atoms with Gasteiger partial charge in [-0.15, -0.1) is 0 Å². The van der Waals surface area contributed by atoms with E-state index in [-0.39, 0.29) is 5.82 Å². The van der Waals surface area contributed by atoms with E-state index < -0.39 is 0 Å². The first kappa shape index (κ1) is 9.52. The molecule has 0 fully saturated rings. The minimum atomic E-state index is -0.265. The molecule has 0 bridgehead atoms. The van der Waals surface area contributed by atoms with Crippen LogP contribution in [-0.2, 0) is 0 Å². The normalized spacial score (nSPS) is 15.1. The summed E-state index contributed by atoms with van der Waals surface area (Å²) in [5.74, 6) is -0.265. The maximum absolute atomic E-state index is 13.4. The SMILES string of the molecule is C=C1CCNc2c(Br)ccc(F)c2N1. The van der Waals surface area contributed by atoms with E-state index in [2.05, 4.69) is 33.1 Å². The lowest BCUT2D eigenvalue weighted by Gasteiger charge is -2.11. The van der Waals surface area contributed by atoms with E-state index in [1.165, 1.54) is 6.07 Å². The van der Waals surface area contributed by atoms with Crippen LogP contribution in [0.25, 0.3) is 0 Å². The predicted octanol–water partition coefficient (Wildman–Crippen LogP) is 3.33. The standard InChI is InChI=1S/C10H10BrFN2/c1-6-4-5-13-9-7(11)2-3-8(12)10(9)14-6/h2-3,13-14H,1,4-5H2. The van der Waals surface area contributed by atoms with Gasteiger partial charge in [-0.3, -0.25) is 0 Å². The minimum absolute atomic E-state index is 0.265. The second-order valence-corrected chi connectivity index (χ2v) is 4.04. The van der Waals surface area contributed by atoms with Gasteiger partial charge in [0.2, 0.25) is 0 Å². The van der Waals surface area contributed by atoms with Gasteiger partial charge in [0.15, 0.2) is 0 Å². The molecule has 0 amide bonds. The highest BCUT2D eigenvalue weighted by Crippen LogP contribution is 2.35. The molecule has 4 heteroatoms. The highest BCUT2D eigenvalue weighted by molar-refractivity contribution is 9.10. The monoisotopic (exact) mass is 256 g/mol. The van der Waals surface area contributed by atoms with E-state index in [1.54, 1.807) is 6.07 Å². The van der Waals surface area contributed by atoms with Crippen molar-refractivity contribution in [1.29, 1.82) is 0 Å². The van der Waals surface area contributed by atoms with Crippen molar-refractivity contribution in [2.24, 2.45) is 0 Å². The van der Waals surface area contributed by atoms with Crippen LogP contribution in [0.15, 0.2) is 28.9 Å². The van der Waals surface area contributed by atoms with Gasteiger partial charge in [0.25, 0.3) is 0 Å². The Balaban J connectivity index is 2.54. The molecule has 2 N–H and O–H groups in total. The van der Waals surface area contributed by atoms with Gasteiger partial charge in [-0.2, -0.15) is 0 Å². The fourth-order valence-electron chi connectivity index (χ4n) is 1.42. The Labute approximate surface area is 90.3 Å². The number of benzene rings is 1. The van der Waals surface area contributed by atoms with Crippen LogP contribution in [-0.4, -0.2) is 6.54 Å². The third kappa shape index (κ3) is 1.62. The molecule has 2 rings (SSSR count). The van der Waals surface area contributed by atoms with E-state index in [1.807, 2.05) is 0 Å². The first-order valence-corrected chi connectivity index (χ1v) is 5.14. The van der Waals surface area contributed by atoms with Crippen LogP contribution in [0.5, 0.6) is 0 Å². The molecule has 0 saturated carbocycles. The Kier molecular flexibility index (Phi) is 2.46. The summed E-state index contributed by atoms with van der Waals surface area (Å²) in [4.78, 5) is 0. The summed E-state index contributed by atoms with van der Waals surface area (Å²) < 4.78 is 14.3. The van der Waals surface area contributed by atoms with Gasteiger partial charge in [-0.1, -0.05) is 6.58 Å². The number of anilines is 2. The second kappa shape index (κ2) is 3.61. The van der Waals surface area contributed by atoms with Crippen molar-refractivity contribution in [3.05, 3.63) is 34.7 Å². The van der Waals surface area contributed by atoms with E-state index in [0.29, 0.717) is 5.69 Å². The Bertz CT molecular complexity index is 390. The Morgan fingerprint density at radius 2 is 2.14 bits per heavy atom. The van der Waals surface area contributed by atoms with Crippen LogP contribution in [0.3, 0.4) is 0 Å². The summed E-state index contributed by atoms with van der Waals surface area (Å²) in [5.41, 5.74) is 2.07. The van der Waals surface area contributed by atoms with Crippen molar-refractivity contribution >= 4 is 27.3 Å². The summed E-state index contributed by atoms with van der Waals surface area (Å²) in [6.45, 7) is 4.58. The number of nitrogens with one attached hydrogen (secondary N) is 2. The fraction of sp³-hybridized carbons (Fsp3) is 0.200. The highest BCUT2D eigenvalue weighted by Gasteiger charge is 2.15. The molecule has 0 aliphatic carbocycles. The zero-order valence-corrected chi connectivity index (χ0v) is 9.12. The molecule has 1 aromatic carbocycles. The molecule has 74 valence electrons. The fourth-order valence-corrected chi connectivity index (χ4v) is 1.90. The predicted molar refractivity (Wildman–Crippen MR) is 60.0 cm³/mol. The lowest BCUT2D eigenvalue weighted by Crippen LogP contribution is -1.99. The van der Waals surface area contributed by atoms with Gasteiger partial charge in [0, 0.05) is 23.1 Å². The Hall–Kier alpha value is -1.03. The number of fused-ring (bicyclic) bond motifs is 1. The van der Waals surface area contributed by atoms with Crippen molar-refractivity contribution < 1.29 is 4.39 Å².